The highest BCUT2D eigenvalue weighted by molar-refractivity contribution is 5.50. The minimum Gasteiger partial charge on any atom is -0.391 e. The van der Waals surface area contributed by atoms with Gasteiger partial charge in [-0.3, -0.25) is 4.68 Å². The van der Waals surface area contributed by atoms with E-state index in [1.165, 1.54) is 0 Å². The smallest absolute Gasteiger partial charge is 0.132 e. The van der Waals surface area contributed by atoms with E-state index in [4.69, 9.17) is 0 Å². The van der Waals surface area contributed by atoms with Gasteiger partial charge in [-0.2, -0.15) is 5.10 Å². The van der Waals surface area contributed by atoms with Gasteiger partial charge < -0.3 is 15.1 Å². The Labute approximate surface area is 102 Å². The number of aliphatic hydroxyl groups is 2. The second kappa shape index (κ2) is 4.31. The zero-order chi connectivity index (χ0) is 12.6. The molecule has 0 amide bonds. The van der Waals surface area contributed by atoms with E-state index in [-0.39, 0.29) is 6.61 Å². The molecule has 0 spiro atoms. The highest BCUT2D eigenvalue weighted by Crippen LogP contribution is 2.29. The number of hydrogen-bond donors (Lipinski definition) is 2. The van der Waals surface area contributed by atoms with Gasteiger partial charge >= 0.3 is 0 Å². The number of anilines is 1. The molecule has 0 radical (unpaired) electrons. The molecule has 1 saturated heterocycles. The van der Waals surface area contributed by atoms with Crippen LogP contribution in [0.4, 0.5) is 5.82 Å². The maximum atomic E-state index is 9.94. The van der Waals surface area contributed by atoms with Gasteiger partial charge in [0.2, 0.25) is 0 Å². The van der Waals surface area contributed by atoms with Crippen molar-refractivity contribution in [3.63, 3.8) is 0 Å². The van der Waals surface area contributed by atoms with Crippen LogP contribution in [0.25, 0.3) is 0 Å². The number of aliphatic hydroxyl groups excluding tert-OH is 1. The van der Waals surface area contributed by atoms with Crippen molar-refractivity contribution >= 4 is 5.82 Å². The Kier molecular flexibility index (Phi) is 3.14. The van der Waals surface area contributed by atoms with Gasteiger partial charge in [0.05, 0.1) is 17.9 Å². The number of aromatic nitrogens is 2. The molecule has 2 N–H and O–H groups in total. The van der Waals surface area contributed by atoms with E-state index in [9.17, 15) is 10.2 Å². The van der Waals surface area contributed by atoms with E-state index in [1.807, 2.05) is 25.6 Å². The zero-order valence-corrected chi connectivity index (χ0v) is 10.8. The van der Waals surface area contributed by atoms with E-state index < -0.39 is 5.60 Å². The molecule has 0 atom stereocenters. The molecule has 0 unspecified atom stereocenters. The Morgan fingerprint density at radius 1 is 1.35 bits per heavy atom. The Hall–Kier alpha value is -1.07. The lowest BCUT2D eigenvalue weighted by molar-refractivity contribution is 0.0348. The fourth-order valence-electron chi connectivity index (χ4n) is 2.47. The summed E-state index contributed by atoms with van der Waals surface area (Å²) in [5.41, 5.74) is 1.22. The van der Waals surface area contributed by atoms with E-state index in [1.54, 1.807) is 0 Å². The summed E-state index contributed by atoms with van der Waals surface area (Å²) in [5.74, 6) is 0.987. The van der Waals surface area contributed by atoms with Crippen LogP contribution in [-0.4, -0.2) is 38.7 Å². The van der Waals surface area contributed by atoms with Crippen molar-refractivity contribution < 1.29 is 10.2 Å². The standard InChI is InChI=1S/C12H21N3O2/c1-9-10(8-16)11(14(3)13-9)15-6-4-12(2,17)5-7-15/h16-17H,4-8H2,1-3H3. The van der Waals surface area contributed by atoms with Crippen LogP contribution < -0.4 is 4.90 Å². The van der Waals surface area contributed by atoms with Crippen LogP contribution in [0.1, 0.15) is 31.0 Å². The molecular weight excluding hydrogens is 218 g/mol. The monoisotopic (exact) mass is 239 g/mol. The summed E-state index contributed by atoms with van der Waals surface area (Å²) in [4.78, 5) is 2.20. The average Bonchev–Trinajstić information content (AvgIpc) is 2.53. The van der Waals surface area contributed by atoms with Crippen molar-refractivity contribution in [1.82, 2.24) is 9.78 Å². The fraction of sp³-hybridized carbons (Fsp3) is 0.750. The van der Waals surface area contributed by atoms with E-state index in [0.29, 0.717) is 0 Å². The molecule has 0 aliphatic carbocycles. The fourth-order valence-corrected chi connectivity index (χ4v) is 2.47. The second-order valence-corrected chi connectivity index (χ2v) is 5.15. The number of rotatable bonds is 2. The first-order valence-electron chi connectivity index (χ1n) is 6.05. The molecule has 1 aliphatic heterocycles. The third-order valence-corrected chi connectivity index (χ3v) is 3.61. The molecule has 17 heavy (non-hydrogen) atoms. The molecule has 96 valence electrons. The lowest BCUT2D eigenvalue weighted by Crippen LogP contribution is -2.43. The van der Waals surface area contributed by atoms with Crippen LogP contribution in [-0.2, 0) is 13.7 Å². The number of aryl methyl sites for hydroxylation is 2. The largest absolute Gasteiger partial charge is 0.391 e. The first kappa shape index (κ1) is 12.4. The summed E-state index contributed by atoms with van der Waals surface area (Å²) >= 11 is 0. The molecule has 1 aliphatic rings. The van der Waals surface area contributed by atoms with Crippen LogP contribution in [0, 0.1) is 6.92 Å². The van der Waals surface area contributed by atoms with Gasteiger partial charge in [-0.25, -0.2) is 0 Å². The summed E-state index contributed by atoms with van der Waals surface area (Å²) in [6, 6.07) is 0. The predicted molar refractivity (Wildman–Crippen MR) is 65.9 cm³/mol. The summed E-state index contributed by atoms with van der Waals surface area (Å²) in [5, 5.41) is 23.7. The highest BCUT2D eigenvalue weighted by atomic mass is 16.3. The SMILES string of the molecule is Cc1nn(C)c(N2CCC(C)(O)CC2)c1CO. The van der Waals surface area contributed by atoms with E-state index in [2.05, 4.69) is 10.00 Å². The zero-order valence-electron chi connectivity index (χ0n) is 10.8. The average molecular weight is 239 g/mol. The Balaban J connectivity index is 2.24. The molecule has 5 nitrogen and oxygen atoms in total. The lowest BCUT2D eigenvalue weighted by Gasteiger charge is -2.37. The second-order valence-electron chi connectivity index (χ2n) is 5.15. The van der Waals surface area contributed by atoms with Crippen LogP contribution in [0.5, 0.6) is 0 Å². The summed E-state index contributed by atoms with van der Waals surface area (Å²) in [6.07, 6.45) is 1.50. The number of piperidine rings is 1. The molecular formula is C12H21N3O2. The molecule has 0 bridgehead atoms. The topological polar surface area (TPSA) is 61.5 Å². The molecule has 2 heterocycles. The van der Waals surface area contributed by atoms with Crippen molar-refractivity contribution in [2.24, 2.45) is 7.05 Å². The Bertz CT molecular complexity index is 402. The summed E-state index contributed by atoms with van der Waals surface area (Å²) in [7, 11) is 1.90. The Morgan fingerprint density at radius 3 is 2.47 bits per heavy atom. The van der Waals surface area contributed by atoms with Gasteiger partial charge in [0.15, 0.2) is 0 Å². The number of hydrogen-bond acceptors (Lipinski definition) is 4. The third kappa shape index (κ3) is 2.30. The first-order chi connectivity index (χ1) is 7.94. The van der Waals surface area contributed by atoms with Crippen molar-refractivity contribution in [3.05, 3.63) is 11.3 Å². The quantitative estimate of drug-likeness (QED) is 0.792. The van der Waals surface area contributed by atoms with E-state index >= 15 is 0 Å². The Morgan fingerprint density at radius 2 is 1.94 bits per heavy atom. The molecule has 1 fully saturated rings. The van der Waals surface area contributed by atoms with Crippen LogP contribution in [0.3, 0.4) is 0 Å². The molecule has 0 saturated carbocycles. The summed E-state index contributed by atoms with van der Waals surface area (Å²) < 4.78 is 1.82. The summed E-state index contributed by atoms with van der Waals surface area (Å²) in [6.45, 7) is 5.42. The van der Waals surface area contributed by atoms with Gasteiger partial charge in [0, 0.05) is 25.7 Å². The molecule has 1 aromatic rings. The minimum absolute atomic E-state index is 0.0158. The van der Waals surface area contributed by atoms with Crippen LogP contribution in [0.15, 0.2) is 0 Å². The first-order valence-corrected chi connectivity index (χ1v) is 6.05. The van der Waals surface area contributed by atoms with Gasteiger partial charge in [-0.15, -0.1) is 0 Å². The lowest BCUT2D eigenvalue weighted by atomic mass is 9.94. The van der Waals surface area contributed by atoms with Gasteiger partial charge in [-0.1, -0.05) is 0 Å². The number of nitrogens with zero attached hydrogens (tertiary/aromatic N) is 3. The van der Waals surface area contributed by atoms with Gasteiger partial charge in [0.1, 0.15) is 5.82 Å². The van der Waals surface area contributed by atoms with E-state index in [0.717, 1.165) is 43.0 Å². The van der Waals surface area contributed by atoms with Crippen molar-refractivity contribution in [2.75, 3.05) is 18.0 Å². The van der Waals surface area contributed by atoms with Crippen LogP contribution >= 0.6 is 0 Å². The van der Waals surface area contributed by atoms with Gasteiger partial charge in [0.25, 0.3) is 0 Å². The minimum atomic E-state index is -0.552. The molecule has 2 rings (SSSR count). The normalized spacial score (nSPS) is 19.7. The maximum absolute atomic E-state index is 9.94. The van der Waals surface area contributed by atoms with Crippen molar-refractivity contribution in [1.29, 1.82) is 0 Å². The van der Waals surface area contributed by atoms with Crippen LogP contribution in [0.2, 0.25) is 0 Å². The maximum Gasteiger partial charge on any atom is 0.132 e. The third-order valence-electron chi connectivity index (χ3n) is 3.61. The molecule has 1 aromatic heterocycles. The molecule has 5 heteroatoms. The molecule has 0 aromatic carbocycles. The predicted octanol–water partition coefficient (Wildman–Crippen LogP) is 0.572. The highest BCUT2D eigenvalue weighted by Gasteiger charge is 2.30. The van der Waals surface area contributed by atoms with Crippen molar-refractivity contribution in [2.45, 2.75) is 38.9 Å². The van der Waals surface area contributed by atoms with Crippen molar-refractivity contribution in [3.8, 4) is 0 Å². The van der Waals surface area contributed by atoms with Gasteiger partial charge in [-0.05, 0) is 26.7 Å².